The van der Waals surface area contributed by atoms with E-state index in [0.717, 1.165) is 6.26 Å². The molecule has 14 heavy (non-hydrogen) atoms. The van der Waals surface area contributed by atoms with Crippen LogP contribution >= 0.6 is 0 Å². The molecule has 1 rings (SSSR count). The van der Waals surface area contributed by atoms with Gasteiger partial charge in [-0.2, -0.15) is 5.10 Å². The van der Waals surface area contributed by atoms with Gasteiger partial charge in [-0.3, -0.25) is 9.48 Å². The van der Waals surface area contributed by atoms with Crippen molar-refractivity contribution in [3.63, 3.8) is 0 Å². The molecule has 78 valence electrons. The van der Waals surface area contributed by atoms with Crippen molar-refractivity contribution in [2.45, 2.75) is 11.4 Å². The minimum Gasteiger partial charge on any atom is -0.468 e. The second-order valence-corrected chi connectivity index (χ2v) is 4.74. The van der Waals surface area contributed by atoms with Crippen LogP contribution in [0.2, 0.25) is 0 Å². The molecule has 0 saturated heterocycles. The molecule has 0 fully saturated rings. The van der Waals surface area contributed by atoms with Crippen LogP contribution in [0.25, 0.3) is 0 Å². The lowest BCUT2D eigenvalue weighted by atomic mass is 10.6. The molecule has 0 aliphatic heterocycles. The quantitative estimate of drug-likeness (QED) is 0.637. The number of hydrogen-bond acceptors (Lipinski definition) is 5. The van der Waals surface area contributed by atoms with Crippen LogP contribution in [0.15, 0.2) is 17.3 Å². The zero-order valence-electron chi connectivity index (χ0n) is 7.80. The smallest absolute Gasteiger partial charge is 0.327 e. The number of methoxy groups -OCH3 is 1. The molecule has 0 aliphatic carbocycles. The minimum absolute atomic E-state index is 0.0846. The van der Waals surface area contributed by atoms with Crippen LogP contribution in [-0.2, 0) is 25.9 Å². The maximum absolute atomic E-state index is 11.0. The summed E-state index contributed by atoms with van der Waals surface area (Å²) in [5.74, 6) is -0.479. The van der Waals surface area contributed by atoms with Crippen molar-refractivity contribution in [2.24, 2.45) is 0 Å². The lowest BCUT2D eigenvalue weighted by Crippen LogP contribution is -2.11. The Bertz CT molecular complexity index is 434. The zero-order chi connectivity index (χ0) is 10.8. The van der Waals surface area contributed by atoms with Gasteiger partial charge in [0, 0.05) is 12.5 Å². The van der Waals surface area contributed by atoms with E-state index >= 15 is 0 Å². The maximum atomic E-state index is 11.0. The van der Waals surface area contributed by atoms with E-state index in [2.05, 4.69) is 9.84 Å². The third kappa shape index (κ3) is 2.56. The van der Waals surface area contributed by atoms with Crippen LogP contribution < -0.4 is 0 Å². The van der Waals surface area contributed by atoms with Gasteiger partial charge in [0.15, 0.2) is 9.84 Å². The van der Waals surface area contributed by atoms with Gasteiger partial charge in [-0.05, 0) is 0 Å². The van der Waals surface area contributed by atoms with Gasteiger partial charge in [-0.1, -0.05) is 0 Å². The van der Waals surface area contributed by atoms with Gasteiger partial charge in [0.25, 0.3) is 0 Å². The average molecular weight is 218 g/mol. The molecule has 0 N–H and O–H groups in total. The fraction of sp³-hybridized carbons (Fsp3) is 0.429. The molecule has 0 aliphatic rings. The number of nitrogens with zero attached hydrogens (tertiary/aromatic N) is 2. The highest BCUT2D eigenvalue weighted by atomic mass is 32.2. The van der Waals surface area contributed by atoms with E-state index in [1.165, 1.54) is 24.2 Å². The molecule has 0 radical (unpaired) electrons. The normalized spacial score (nSPS) is 11.3. The number of sulfone groups is 1. The Hall–Kier alpha value is -1.37. The molecule has 0 unspecified atom stereocenters. The summed E-state index contributed by atoms with van der Waals surface area (Å²) < 4.78 is 27.7. The minimum atomic E-state index is -3.26. The Morgan fingerprint density at radius 3 is 2.71 bits per heavy atom. The van der Waals surface area contributed by atoms with Crippen molar-refractivity contribution in [1.82, 2.24) is 9.78 Å². The van der Waals surface area contributed by atoms with Crippen LogP contribution in [-0.4, -0.2) is 37.5 Å². The summed E-state index contributed by atoms with van der Waals surface area (Å²) >= 11 is 0. The highest BCUT2D eigenvalue weighted by Crippen LogP contribution is 2.05. The fourth-order valence-corrected chi connectivity index (χ4v) is 1.37. The van der Waals surface area contributed by atoms with Crippen LogP contribution in [0.3, 0.4) is 0 Å². The molecule has 0 atom stereocenters. The summed E-state index contributed by atoms with van der Waals surface area (Å²) in [5, 5.41) is 3.71. The first-order valence-corrected chi connectivity index (χ1v) is 5.62. The summed E-state index contributed by atoms with van der Waals surface area (Å²) in [6, 6.07) is 0. The van der Waals surface area contributed by atoms with Crippen LogP contribution in [0, 0.1) is 0 Å². The van der Waals surface area contributed by atoms with E-state index in [4.69, 9.17) is 0 Å². The number of carbonyl (C=O) groups excluding carboxylic acids is 1. The van der Waals surface area contributed by atoms with Crippen molar-refractivity contribution in [1.29, 1.82) is 0 Å². The predicted octanol–water partition coefficient (Wildman–Crippen LogP) is -0.540. The number of aromatic nitrogens is 2. The number of esters is 1. The van der Waals surface area contributed by atoms with Crippen molar-refractivity contribution >= 4 is 15.8 Å². The van der Waals surface area contributed by atoms with E-state index in [9.17, 15) is 13.2 Å². The standard InChI is InChI=1S/C7H10N2O4S/c1-13-7(10)5-9-4-6(3-8-9)14(2,11)12/h3-4H,5H2,1-2H3. The third-order valence-corrected chi connectivity index (χ3v) is 2.62. The Morgan fingerprint density at radius 2 is 2.29 bits per heavy atom. The van der Waals surface area contributed by atoms with Crippen LogP contribution in [0.4, 0.5) is 0 Å². The Labute approximate surface area is 81.4 Å². The summed E-state index contributed by atoms with van der Waals surface area (Å²) in [7, 11) is -2.01. The molecule has 7 heteroatoms. The molecule has 1 aromatic rings. The topological polar surface area (TPSA) is 78.3 Å². The first-order valence-electron chi connectivity index (χ1n) is 3.73. The molecule has 0 amide bonds. The molecule has 6 nitrogen and oxygen atoms in total. The van der Waals surface area contributed by atoms with Crippen molar-refractivity contribution < 1.29 is 17.9 Å². The Morgan fingerprint density at radius 1 is 1.64 bits per heavy atom. The summed E-state index contributed by atoms with van der Waals surface area (Å²) in [6.45, 7) is -0.0912. The lowest BCUT2D eigenvalue weighted by molar-refractivity contribution is -0.141. The van der Waals surface area contributed by atoms with Crippen molar-refractivity contribution in [2.75, 3.05) is 13.4 Å². The van der Waals surface area contributed by atoms with E-state index in [1.54, 1.807) is 0 Å². The molecule has 1 heterocycles. The second kappa shape index (κ2) is 3.79. The average Bonchev–Trinajstić information content (AvgIpc) is 2.51. The monoisotopic (exact) mass is 218 g/mol. The van der Waals surface area contributed by atoms with Gasteiger partial charge in [0.05, 0.1) is 13.3 Å². The van der Waals surface area contributed by atoms with Gasteiger partial charge in [0.1, 0.15) is 11.4 Å². The predicted molar refractivity (Wildman–Crippen MR) is 47.4 cm³/mol. The maximum Gasteiger partial charge on any atom is 0.327 e. The zero-order valence-corrected chi connectivity index (χ0v) is 8.61. The highest BCUT2D eigenvalue weighted by Gasteiger charge is 2.11. The lowest BCUT2D eigenvalue weighted by Gasteiger charge is -1.97. The molecule has 0 spiro atoms. The number of rotatable bonds is 3. The number of carbonyl (C=O) groups is 1. The van der Waals surface area contributed by atoms with Crippen LogP contribution in [0.1, 0.15) is 0 Å². The van der Waals surface area contributed by atoms with Gasteiger partial charge >= 0.3 is 5.97 Å². The van der Waals surface area contributed by atoms with E-state index in [0.29, 0.717) is 0 Å². The summed E-state index contributed by atoms with van der Waals surface area (Å²) in [5.41, 5.74) is 0. The van der Waals surface area contributed by atoms with Gasteiger partial charge in [0.2, 0.25) is 0 Å². The number of hydrogen-bond donors (Lipinski definition) is 0. The molecule has 0 aromatic carbocycles. The Kier molecular flexibility index (Phi) is 2.90. The molecule has 0 bridgehead atoms. The fourth-order valence-electron chi connectivity index (χ4n) is 0.819. The number of ether oxygens (including phenoxy) is 1. The van der Waals surface area contributed by atoms with E-state index < -0.39 is 15.8 Å². The largest absolute Gasteiger partial charge is 0.468 e. The highest BCUT2D eigenvalue weighted by molar-refractivity contribution is 7.90. The first-order chi connectivity index (χ1) is 6.43. The van der Waals surface area contributed by atoms with Gasteiger partial charge in [-0.25, -0.2) is 8.42 Å². The third-order valence-electron chi connectivity index (χ3n) is 1.56. The van der Waals surface area contributed by atoms with Crippen molar-refractivity contribution in [3.8, 4) is 0 Å². The van der Waals surface area contributed by atoms with Gasteiger partial charge in [-0.15, -0.1) is 0 Å². The van der Waals surface area contributed by atoms with Gasteiger partial charge < -0.3 is 4.74 Å². The first kappa shape index (κ1) is 10.7. The molecule has 0 saturated carbocycles. The van der Waals surface area contributed by atoms with Crippen LogP contribution in [0.5, 0.6) is 0 Å². The van der Waals surface area contributed by atoms with E-state index in [-0.39, 0.29) is 11.4 Å². The van der Waals surface area contributed by atoms with Crippen molar-refractivity contribution in [3.05, 3.63) is 12.4 Å². The molecular formula is C7H10N2O4S. The molecule has 1 aromatic heterocycles. The Balaban J connectivity index is 2.84. The SMILES string of the molecule is COC(=O)Cn1cc(S(C)(=O)=O)cn1. The summed E-state index contributed by atoms with van der Waals surface area (Å²) in [4.78, 5) is 10.9. The van der Waals surface area contributed by atoms with E-state index in [1.807, 2.05) is 0 Å². The second-order valence-electron chi connectivity index (χ2n) is 2.72. The summed E-state index contributed by atoms with van der Waals surface area (Å²) in [6.07, 6.45) is 3.55. The molecular weight excluding hydrogens is 208 g/mol.